The lowest BCUT2D eigenvalue weighted by atomic mass is 10.1. The minimum Gasteiger partial charge on any atom is -0.493 e. The predicted octanol–water partition coefficient (Wildman–Crippen LogP) is 4.10. The van der Waals surface area contributed by atoms with E-state index >= 15 is 0 Å². The molecule has 0 fully saturated rings. The SMILES string of the molecule is C=CCCCOc1ccc(C(C)NCCC)cc1OC. The smallest absolute Gasteiger partial charge is 0.161 e. The first-order valence-electron chi connectivity index (χ1n) is 7.38. The summed E-state index contributed by atoms with van der Waals surface area (Å²) in [7, 11) is 1.68. The van der Waals surface area contributed by atoms with E-state index in [4.69, 9.17) is 9.47 Å². The number of ether oxygens (including phenoxy) is 2. The fourth-order valence-electron chi connectivity index (χ4n) is 1.96. The molecule has 1 rings (SSSR count). The lowest BCUT2D eigenvalue weighted by Crippen LogP contribution is -2.19. The van der Waals surface area contributed by atoms with Gasteiger partial charge >= 0.3 is 0 Å². The van der Waals surface area contributed by atoms with Crippen LogP contribution < -0.4 is 14.8 Å². The maximum Gasteiger partial charge on any atom is 0.161 e. The molecule has 0 amide bonds. The molecule has 3 nitrogen and oxygen atoms in total. The van der Waals surface area contributed by atoms with Gasteiger partial charge in [-0.15, -0.1) is 6.58 Å². The third kappa shape index (κ3) is 5.25. The number of hydrogen-bond acceptors (Lipinski definition) is 3. The summed E-state index contributed by atoms with van der Waals surface area (Å²) in [6.07, 6.45) is 4.98. The van der Waals surface area contributed by atoms with Crippen molar-refractivity contribution in [2.24, 2.45) is 0 Å². The van der Waals surface area contributed by atoms with Crippen molar-refractivity contribution in [2.75, 3.05) is 20.3 Å². The highest BCUT2D eigenvalue weighted by molar-refractivity contribution is 5.43. The average Bonchev–Trinajstić information content (AvgIpc) is 2.49. The molecule has 1 aromatic rings. The first-order valence-corrected chi connectivity index (χ1v) is 7.38. The van der Waals surface area contributed by atoms with E-state index < -0.39 is 0 Å². The average molecular weight is 277 g/mol. The Bertz CT molecular complexity index is 404. The van der Waals surface area contributed by atoms with Gasteiger partial charge in [0.25, 0.3) is 0 Å². The third-order valence-corrected chi connectivity index (χ3v) is 3.20. The molecule has 1 aromatic carbocycles. The fourth-order valence-corrected chi connectivity index (χ4v) is 1.96. The molecule has 1 atom stereocenters. The van der Waals surface area contributed by atoms with Gasteiger partial charge in [-0.1, -0.05) is 19.1 Å². The lowest BCUT2D eigenvalue weighted by molar-refractivity contribution is 0.290. The molecule has 20 heavy (non-hydrogen) atoms. The van der Waals surface area contributed by atoms with Gasteiger partial charge in [-0.25, -0.2) is 0 Å². The van der Waals surface area contributed by atoms with Gasteiger partial charge in [0.05, 0.1) is 13.7 Å². The van der Waals surface area contributed by atoms with Crippen molar-refractivity contribution < 1.29 is 9.47 Å². The Balaban J connectivity index is 2.66. The molecule has 0 bridgehead atoms. The van der Waals surface area contributed by atoms with Crippen molar-refractivity contribution in [1.82, 2.24) is 5.32 Å². The van der Waals surface area contributed by atoms with Crippen molar-refractivity contribution in [2.45, 2.75) is 39.2 Å². The van der Waals surface area contributed by atoms with Crippen LogP contribution in [0.5, 0.6) is 11.5 Å². The van der Waals surface area contributed by atoms with Crippen LogP contribution in [-0.4, -0.2) is 20.3 Å². The van der Waals surface area contributed by atoms with E-state index in [-0.39, 0.29) is 0 Å². The van der Waals surface area contributed by atoms with E-state index in [0.29, 0.717) is 12.6 Å². The van der Waals surface area contributed by atoms with Crippen LogP contribution in [0.4, 0.5) is 0 Å². The summed E-state index contributed by atoms with van der Waals surface area (Å²) in [5, 5.41) is 3.47. The third-order valence-electron chi connectivity index (χ3n) is 3.20. The number of nitrogens with one attached hydrogen (secondary N) is 1. The van der Waals surface area contributed by atoms with Crippen molar-refractivity contribution in [1.29, 1.82) is 0 Å². The molecule has 3 heteroatoms. The number of benzene rings is 1. The van der Waals surface area contributed by atoms with Crippen LogP contribution in [-0.2, 0) is 0 Å². The van der Waals surface area contributed by atoms with Crippen molar-refractivity contribution in [3.63, 3.8) is 0 Å². The summed E-state index contributed by atoms with van der Waals surface area (Å²) in [4.78, 5) is 0. The number of allylic oxidation sites excluding steroid dienone is 1. The fraction of sp³-hybridized carbons (Fsp3) is 0.529. The Hall–Kier alpha value is -1.48. The second kappa shape index (κ2) is 9.43. The molecule has 0 aromatic heterocycles. The van der Waals surface area contributed by atoms with Gasteiger partial charge in [0, 0.05) is 6.04 Å². The molecule has 0 aliphatic heterocycles. The Morgan fingerprint density at radius 2 is 2.15 bits per heavy atom. The van der Waals surface area contributed by atoms with Gasteiger partial charge < -0.3 is 14.8 Å². The van der Waals surface area contributed by atoms with E-state index in [2.05, 4.69) is 37.9 Å². The molecule has 1 unspecified atom stereocenters. The number of rotatable bonds is 10. The van der Waals surface area contributed by atoms with Crippen molar-refractivity contribution >= 4 is 0 Å². The topological polar surface area (TPSA) is 30.5 Å². The maximum absolute atomic E-state index is 5.75. The van der Waals surface area contributed by atoms with Gasteiger partial charge in [-0.3, -0.25) is 0 Å². The molecular weight excluding hydrogens is 250 g/mol. The summed E-state index contributed by atoms with van der Waals surface area (Å²) in [6.45, 7) is 9.74. The summed E-state index contributed by atoms with van der Waals surface area (Å²) < 4.78 is 11.2. The van der Waals surface area contributed by atoms with E-state index in [1.54, 1.807) is 7.11 Å². The van der Waals surface area contributed by atoms with Crippen LogP contribution in [0, 0.1) is 0 Å². The van der Waals surface area contributed by atoms with Crippen LogP contribution in [0.15, 0.2) is 30.9 Å². The quantitative estimate of drug-likeness (QED) is 0.516. The first-order chi connectivity index (χ1) is 9.72. The van der Waals surface area contributed by atoms with Gasteiger partial charge in [0.15, 0.2) is 11.5 Å². The molecule has 1 N–H and O–H groups in total. The van der Waals surface area contributed by atoms with Gasteiger partial charge in [-0.05, 0) is 50.4 Å². The highest BCUT2D eigenvalue weighted by Crippen LogP contribution is 2.30. The van der Waals surface area contributed by atoms with E-state index in [1.165, 1.54) is 5.56 Å². The summed E-state index contributed by atoms with van der Waals surface area (Å²) in [5.74, 6) is 1.61. The van der Waals surface area contributed by atoms with Crippen LogP contribution in [0.1, 0.15) is 44.7 Å². The van der Waals surface area contributed by atoms with Gasteiger partial charge in [-0.2, -0.15) is 0 Å². The molecule has 0 aliphatic carbocycles. The number of methoxy groups -OCH3 is 1. The minimum atomic E-state index is 0.318. The molecule has 0 saturated heterocycles. The van der Waals surface area contributed by atoms with Crippen LogP contribution in [0.2, 0.25) is 0 Å². The van der Waals surface area contributed by atoms with E-state index in [0.717, 1.165) is 37.3 Å². The first kappa shape index (κ1) is 16.6. The Morgan fingerprint density at radius 3 is 2.80 bits per heavy atom. The maximum atomic E-state index is 5.75. The van der Waals surface area contributed by atoms with Gasteiger partial charge in [0.2, 0.25) is 0 Å². The van der Waals surface area contributed by atoms with Gasteiger partial charge in [0.1, 0.15) is 0 Å². The zero-order chi connectivity index (χ0) is 14.8. The second-order valence-electron chi connectivity index (χ2n) is 4.87. The van der Waals surface area contributed by atoms with Crippen LogP contribution >= 0.6 is 0 Å². The molecule has 0 radical (unpaired) electrons. The minimum absolute atomic E-state index is 0.318. The molecule has 0 saturated carbocycles. The zero-order valence-corrected chi connectivity index (χ0v) is 12.9. The number of hydrogen-bond donors (Lipinski definition) is 1. The Labute approximate surface area is 123 Å². The van der Waals surface area contributed by atoms with Crippen molar-refractivity contribution in [3.05, 3.63) is 36.4 Å². The normalized spacial score (nSPS) is 11.9. The molecule has 0 heterocycles. The Morgan fingerprint density at radius 1 is 1.35 bits per heavy atom. The molecule has 0 aliphatic rings. The lowest BCUT2D eigenvalue weighted by Gasteiger charge is -2.16. The molecule has 112 valence electrons. The molecular formula is C17H27NO2. The van der Waals surface area contributed by atoms with E-state index in [1.807, 2.05) is 12.1 Å². The summed E-state index contributed by atoms with van der Waals surface area (Å²) in [5.41, 5.74) is 1.22. The summed E-state index contributed by atoms with van der Waals surface area (Å²) in [6, 6.07) is 6.46. The monoisotopic (exact) mass is 277 g/mol. The van der Waals surface area contributed by atoms with Crippen LogP contribution in [0.3, 0.4) is 0 Å². The van der Waals surface area contributed by atoms with E-state index in [9.17, 15) is 0 Å². The standard InChI is InChI=1S/C17H27NO2/c1-5-7-8-12-20-16-10-9-15(13-17(16)19-4)14(3)18-11-6-2/h5,9-10,13-14,18H,1,6-8,11-12H2,2-4H3. The highest BCUT2D eigenvalue weighted by Gasteiger charge is 2.10. The van der Waals surface area contributed by atoms with Crippen molar-refractivity contribution in [3.8, 4) is 11.5 Å². The largest absolute Gasteiger partial charge is 0.493 e. The Kier molecular flexibility index (Phi) is 7.81. The highest BCUT2D eigenvalue weighted by atomic mass is 16.5. The molecule has 0 spiro atoms. The van der Waals surface area contributed by atoms with Crippen LogP contribution in [0.25, 0.3) is 0 Å². The summed E-state index contributed by atoms with van der Waals surface area (Å²) >= 11 is 0. The number of unbranched alkanes of at least 4 members (excludes halogenated alkanes) is 1. The predicted molar refractivity (Wildman–Crippen MR) is 84.6 cm³/mol. The second-order valence-corrected chi connectivity index (χ2v) is 4.87. The zero-order valence-electron chi connectivity index (χ0n) is 12.9.